The Hall–Kier alpha value is -2.21. The van der Waals surface area contributed by atoms with Gasteiger partial charge in [-0.25, -0.2) is 4.79 Å². The van der Waals surface area contributed by atoms with Gasteiger partial charge in [-0.2, -0.15) is 0 Å². The van der Waals surface area contributed by atoms with Gasteiger partial charge >= 0.3 is 5.97 Å². The zero-order valence-electron chi connectivity index (χ0n) is 13.1. The molecule has 2 aromatic carbocycles. The first-order valence-corrected chi connectivity index (χ1v) is 7.60. The van der Waals surface area contributed by atoms with Crippen molar-refractivity contribution in [1.29, 1.82) is 0 Å². The van der Waals surface area contributed by atoms with Gasteiger partial charge in [0.15, 0.2) is 11.5 Å². The summed E-state index contributed by atoms with van der Waals surface area (Å²) in [5.74, 6) is 1.45. The van der Waals surface area contributed by atoms with Crippen molar-refractivity contribution in [2.75, 3.05) is 21.3 Å². The number of carbonyl (C=O) groups excluding carboxylic acids is 1. The number of esters is 1. The van der Waals surface area contributed by atoms with Gasteiger partial charge in [-0.15, -0.1) is 0 Å². The Kier molecular flexibility index (Phi) is 5.87. The van der Waals surface area contributed by atoms with Crippen LogP contribution in [0.1, 0.15) is 15.9 Å². The van der Waals surface area contributed by atoms with Gasteiger partial charge < -0.3 is 18.9 Å². The molecule has 5 nitrogen and oxygen atoms in total. The molecule has 0 aromatic heterocycles. The summed E-state index contributed by atoms with van der Waals surface area (Å²) < 4.78 is 21.6. The SMILES string of the molecule is COc1ccc(C(=O)OCc2cc(OC)c(OC)cc2Br)cc1. The van der Waals surface area contributed by atoms with Crippen molar-refractivity contribution >= 4 is 21.9 Å². The Bertz CT molecular complexity index is 682. The molecule has 0 radical (unpaired) electrons. The molecule has 0 N–H and O–H groups in total. The van der Waals surface area contributed by atoms with Gasteiger partial charge in [0.25, 0.3) is 0 Å². The number of rotatable bonds is 6. The predicted octanol–water partition coefficient (Wildman–Crippen LogP) is 3.83. The van der Waals surface area contributed by atoms with E-state index in [1.54, 1.807) is 57.7 Å². The van der Waals surface area contributed by atoms with Crippen molar-refractivity contribution in [3.63, 3.8) is 0 Å². The maximum Gasteiger partial charge on any atom is 0.338 e. The molecule has 0 atom stereocenters. The van der Waals surface area contributed by atoms with Crippen LogP contribution in [-0.2, 0) is 11.3 Å². The monoisotopic (exact) mass is 380 g/mol. The van der Waals surface area contributed by atoms with Crippen molar-refractivity contribution in [3.05, 3.63) is 52.0 Å². The first kappa shape index (κ1) is 17.1. The van der Waals surface area contributed by atoms with Gasteiger partial charge in [-0.1, -0.05) is 15.9 Å². The van der Waals surface area contributed by atoms with Gasteiger partial charge in [0.2, 0.25) is 0 Å². The maximum atomic E-state index is 12.1. The number of hydrogen-bond donors (Lipinski definition) is 0. The maximum absolute atomic E-state index is 12.1. The summed E-state index contributed by atoms with van der Waals surface area (Å²) in [6.07, 6.45) is 0. The molecule has 23 heavy (non-hydrogen) atoms. The van der Waals surface area contributed by atoms with Crippen molar-refractivity contribution in [1.82, 2.24) is 0 Å². The van der Waals surface area contributed by atoms with E-state index in [0.717, 1.165) is 10.0 Å². The number of ether oxygens (including phenoxy) is 4. The largest absolute Gasteiger partial charge is 0.497 e. The highest BCUT2D eigenvalue weighted by atomic mass is 79.9. The lowest BCUT2D eigenvalue weighted by atomic mass is 10.2. The molecular formula is C17H17BrO5. The van der Waals surface area contributed by atoms with Gasteiger partial charge in [0, 0.05) is 10.0 Å². The lowest BCUT2D eigenvalue weighted by Gasteiger charge is -2.12. The van der Waals surface area contributed by atoms with Gasteiger partial charge in [0.05, 0.1) is 26.9 Å². The lowest BCUT2D eigenvalue weighted by molar-refractivity contribution is 0.0471. The van der Waals surface area contributed by atoms with E-state index in [0.29, 0.717) is 22.8 Å². The molecule has 0 amide bonds. The molecule has 0 aliphatic carbocycles. The van der Waals surface area contributed by atoms with E-state index >= 15 is 0 Å². The third-order valence-electron chi connectivity index (χ3n) is 3.24. The average molecular weight is 381 g/mol. The first-order valence-electron chi connectivity index (χ1n) is 6.80. The molecule has 0 saturated heterocycles. The molecule has 0 bridgehead atoms. The normalized spacial score (nSPS) is 10.1. The van der Waals surface area contributed by atoms with E-state index < -0.39 is 5.97 Å². The van der Waals surface area contributed by atoms with Crippen LogP contribution in [0.3, 0.4) is 0 Å². The standard InChI is InChI=1S/C17H17BrO5/c1-20-13-6-4-11(5-7-13)17(19)23-10-12-8-15(21-2)16(22-3)9-14(12)18/h4-9H,10H2,1-3H3. The van der Waals surface area contributed by atoms with E-state index in [1.165, 1.54) is 0 Å². The molecule has 0 fully saturated rings. The first-order chi connectivity index (χ1) is 11.1. The second kappa shape index (κ2) is 7.87. The summed E-state index contributed by atoms with van der Waals surface area (Å²) in [5.41, 5.74) is 1.24. The Morgan fingerprint density at radius 1 is 0.957 bits per heavy atom. The highest BCUT2D eigenvalue weighted by molar-refractivity contribution is 9.10. The van der Waals surface area contributed by atoms with Crippen molar-refractivity contribution < 1.29 is 23.7 Å². The van der Waals surface area contributed by atoms with Crippen LogP contribution >= 0.6 is 15.9 Å². The Balaban J connectivity index is 2.09. The van der Waals surface area contributed by atoms with Gasteiger partial charge in [-0.05, 0) is 36.4 Å². The van der Waals surface area contributed by atoms with Crippen LogP contribution in [0, 0.1) is 0 Å². The minimum atomic E-state index is -0.408. The van der Waals surface area contributed by atoms with E-state index in [1.807, 2.05) is 0 Å². The van der Waals surface area contributed by atoms with E-state index in [9.17, 15) is 4.79 Å². The van der Waals surface area contributed by atoms with Crippen LogP contribution in [0.25, 0.3) is 0 Å². The fourth-order valence-electron chi connectivity index (χ4n) is 1.96. The fraction of sp³-hybridized carbons (Fsp3) is 0.235. The molecule has 0 saturated carbocycles. The predicted molar refractivity (Wildman–Crippen MR) is 89.4 cm³/mol. The number of halogens is 1. The topological polar surface area (TPSA) is 54.0 Å². The molecule has 0 spiro atoms. The van der Waals surface area contributed by atoms with Crippen LogP contribution in [0.15, 0.2) is 40.9 Å². The number of carbonyl (C=O) groups is 1. The van der Waals surface area contributed by atoms with Crippen LogP contribution in [-0.4, -0.2) is 27.3 Å². The lowest BCUT2D eigenvalue weighted by Crippen LogP contribution is -2.06. The highest BCUT2D eigenvalue weighted by Gasteiger charge is 2.12. The van der Waals surface area contributed by atoms with Gasteiger partial charge in [0.1, 0.15) is 12.4 Å². The van der Waals surface area contributed by atoms with Crippen molar-refractivity contribution in [2.45, 2.75) is 6.61 Å². The Morgan fingerprint density at radius 3 is 2.13 bits per heavy atom. The quantitative estimate of drug-likeness (QED) is 0.712. The number of hydrogen-bond acceptors (Lipinski definition) is 5. The molecule has 0 heterocycles. The third kappa shape index (κ3) is 4.16. The Labute approximate surface area is 143 Å². The smallest absolute Gasteiger partial charge is 0.338 e. The number of methoxy groups -OCH3 is 3. The highest BCUT2D eigenvalue weighted by Crippen LogP contribution is 2.33. The van der Waals surface area contributed by atoms with Crippen LogP contribution in [0.4, 0.5) is 0 Å². The minimum Gasteiger partial charge on any atom is -0.497 e. The third-order valence-corrected chi connectivity index (χ3v) is 3.98. The zero-order chi connectivity index (χ0) is 16.8. The fourth-order valence-corrected chi connectivity index (χ4v) is 2.40. The summed E-state index contributed by atoms with van der Waals surface area (Å²) in [4.78, 5) is 12.1. The summed E-state index contributed by atoms with van der Waals surface area (Å²) >= 11 is 3.43. The summed E-state index contributed by atoms with van der Waals surface area (Å²) in [6, 6.07) is 10.3. The molecule has 0 aliphatic heterocycles. The molecule has 0 aliphatic rings. The summed E-state index contributed by atoms with van der Waals surface area (Å²) in [6.45, 7) is 0.117. The van der Waals surface area contributed by atoms with Crippen LogP contribution < -0.4 is 14.2 Å². The van der Waals surface area contributed by atoms with E-state index in [2.05, 4.69) is 15.9 Å². The summed E-state index contributed by atoms with van der Waals surface area (Å²) in [5, 5.41) is 0. The molecule has 0 unspecified atom stereocenters. The average Bonchev–Trinajstić information content (AvgIpc) is 2.60. The molecule has 2 aromatic rings. The van der Waals surface area contributed by atoms with Crippen LogP contribution in [0.2, 0.25) is 0 Å². The van der Waals surface area contributed by atoms with E-state index in [-0.39, 0.29) is 6.61 Å². The van der Waals surface area contributed by atoms with Crippen molar-refractivity contribution in [3.8, 4) is 17.2 Å². The number of benzene rings is 2. The molecule has 122 valence electrons. The molecule has 2 rings (SSSR count). The zero-order valence-corrected chi connectivity index (χ0v) is 14.7. The molecular weight excluding hydrogens is 364 g/mol. The van der Waals surface area contributed by atoms with E-state index in [4.69, 9.17) is 18.9 Å². The van der Waals surface area contributed by atoms with Crippen molar-refractivity contribution in [2.24, 2.45) is 0 Å². The second-order valence-electron chi connectivity index (χ2n) is 4.60. The molecule has 6 heteroatoms. The van der Waals surface area contributed by atoms with Gasteiger partial charge in [-0.3, -0.25) is 0 Å². The summed E-state index contributed by atoms with van der Waals surface area (Å²) in [7, 11) is 4.69. The van der Waals surface area contributed by atoms with Crippen LogP contribution in [0.5, 0.6) is 17.2 Å². The second-order valence-corrected chi connectivity index (χ2v) is 5.46. The Morgan fingerprint density at radius 2 is 1.57 bits per heavy atom. The minimum absolute atomic E-state index is 0.117.